The van der Waals surface area contributed by atoms with E-state index in [1.165, 1.54) is 11.6 Å². The molecule has 1 aliphatic heterocycles. The van der Waals surface area contributed by atoms with Crippen molar-refractivity contribution in [3.63, 3.8) is 0 Å². The molecule has 0 aliphatic carbocycles. The van der Waals surface area contributed by atoms with E-state index in [1.807, 2.05) is 6.20 Å². The van der Waals surface area contributed by atoms with Crippen molar-refractivity contribution in [1.82, 2.24) is 15.2 Å². The van der Waals surface area contributed by atoms with Gasteiger partial charge in [-0.15, -0.1) is 11.3 Å². The minimum atomic E-state index is 0.653. The Morgan fingerprint density at radius 1 is 1.30 bits per heavy atom. The van der Waals surface area contributed by atoms with Crippen molar-refractivity contribution in [2.75, 3.05) is 44.2 Å². The molecule has 0 aromatic carbocycles. The Morgan fingerprint density at radius 3 is 2.60 bits per heavy atom. The van der Waals surface area contributed by atoms with Gasteiger partial charge < -0.3 is 10.2 Å². The molecule has 4 nitrogen and oxygen atoms in total. The van der Waals surface area contributed by atoms with Gasteiger partial charge in [-0.25, -0.2) is 4.98 Å². The maximum Gasteiger partial charge on any atom is 0.185 e. The van der Waals surface area contributed by atoms with Gasteiger partial charge in [-0.2, -0.15) is 0 Å². The first-order chi connectivity index (χ1) is 9.72. The maximum absolute atomic E-state index is 4.42. The lowest BCUT2D eigenvalue weighted by molar-refractivity contribution is 0.143. The lowest BCUT2D eigenvalue weighted by Gasteiger charge is -2.41. The van der Waals surface area contributed by atoms with Crippen molar-refractivity contribution in [3.8, 4) is 0 Å². The van der Waals surface area contributed by atoms with Gasteiger partial charge in [0.1, 0.15) is 0 Å². The van der Waals surface area contributed by atoms with Crippen molar-refractivity contribution >= 4 is 16.5 Å². The highest BCUT2D eigenvalue weighted by Crippen LogP contribution is 2.20. The third-order valence-corrected chi connectivity index (χ3v) is 4.86. The Balaban J connectivity index is 1.83. The quantitative estimate of drug-likeness (QED) is 0.782. The molecule has 1 aliphatic rings. The van der Waals surface area contributed by atoms with Gasteiger partial charge in [-0.05, 0) is 18.9 Å². The zero-order valence-corrected chi connectivity index (χ0v) is 13.8. The van der Waals surface area contributed by atoms with Crippen LogP contribution in [0.4, 0.5) is 5.13 Å². The topological polar surface area (TPSA) is 31.4 Å². The van der Waals surface area contributed by atoms with Gasteiger partial charge in [0.05, 0.1) is 0 Å². The van der Waals surface area contributed by atoms with Gasteiger partial charge in [0.15, 0.2) is 5.13 Å². The van der Waals surface area contributed by atoms with E-state index >= 15 is 0 Å². The minimum absolute atomic E-state index is 0.653. The van der Waals surface area contributed by atoms with Gasteiger partial charge in [0.2, 0.25) is 0 Å². The number of nitrogens with zero attached hydrogens (tertiary/aromatic N) is 3. The second kappa shape index (κ2) is 7.96. The summed E-state index contributed by atoms with van der Waals surface area (Å²) in [5.74, 6) is 0.700. The Morgan fingerprint density at radius 2 is 2.05 bits per heavy atom. The summed E-state index contributed by atoms with van der Waals surface area (Å²) in [6.07, 6.45) is 3.11. The predicted octanol–water partition coefficient (Wildman–Crippen LogP) is 2.29. The van der Waals surface area contributed by atoms with E-state index in [0.717, 1.165) is 39.3 Å². The minimum Gasteiger partial charge on any atom is -0.346 e. The molecular weight excluding hydrogens is 268 g/mol. The van der Waals surface area contributed by atoms with Crippen molar-refractivity contribution in [3.05, 3.63) is 11.6 Å². The van der Waals surface area contributed by atoms with Crippen LogP contribution in [0.3, 0.4) is 0 Å². The molecular formula is C15H28N4S. The average Bonchev–Trinajstić information content (AvgIpc) is 2.98. The zero-order chi connectivity index (χ0) is 14.4. The lowest BCUT2D eigenvalue weighted by Crippen LogP contribution is -2.54. The number of hydrogen-bond acceptors (Lipinski definition) is 5. The van der Waals surface area contributed by atoms with Crippen molar-refractivity contribution in [2.24, 2.45) is 5.92 Å². The Hall–Kier alpha value is -0.650. The molecule has 1 N–H and O–H groups in total. The largest absolute Gasteiger partial charge is 0.346 e. The second-order valence-corrected chi connectivity index (χ2v) is 6.73. The molecule has 0 radical (unpaired) electrons. The fourth-order valence-corrected chi connectivity index (χ4v) is 3.53. The monoisotopic (exact) mass is 296 g/mol. The molecule has 0 bridgehead atoms. The third kappa shape index (κ3) is 4.17. The Labute approximate surface area is 127 Å². The second-order valence-electron chi connectivity index (χ2n) is 5.85. The number of nitrogens with one attached hydrogen (secondary N) is 1. The summed E-state index contributed by atoms with van der Waals surface area (Å²) >= 11 is 1.75. The van der Waals surface area contributed by atoms with Crippen molar-refractivity contribution in [2.45, 2.75) is 33.2 Å². The fourth-order valence-electron chi connectivity index (χ4n) is 2.83. The van der Waals surface area contributed by atoms with Gasteiger partial charge in [-0.1, -0.05) is 20.8 Å². The van der Waals surface area contributed by atoms with E-state index in [0.29, 0.717) is 12.0 Å². The molecule has 1 aromatic heterocycles. The highest BCUT2D eigenvalue weighted by Gasteiger charge is 2.26. The van der Waals surface area contributed by atoms with Gasteiger partial charge in [0, 0.05) is 50.3 Å². The molecule has 20 heavy (non-hydrogen) atoms. The van der Waals surface area contributed by atoms with E-state index in [2.05, 4.69) is 46.3 Å². The number of piperazine rings is 1. The van der Waals surface area contributed by atoms with Gasteiger partial charge >= 0.3 is 0 Å². The van der Waals surface area contributed by atoms with E-state index in [4.69, 9.17) is 0 Å². The summed E-state index contributed by atoms with van der Waals surface area (Å²) in [6.45, 7) is 13.6. The van der Waals surface area contributed by atoms with E-state index in [-0.39, 0.29) is 0 Å². The third-order valence-electron chi connectivity index (χ3n) is 4.02. The molecule has 1 atom stereocenters. The summed E-state index contributed by atoms with van der Waals surface area (Å²) in [7, 11) is 0. The van der Waals surface area contributed by atoms with Crippen molar-refractivity contribution in [1.29, 1.82) is 0 Å². The Kier molecular flexibility index (Phi) is 6.26. The first-order valence-electron chi connectivity index (χ1n) is 7.81. The van der Waals surface area contributed by atoms with Gasteiger partial charge in [-0.3, -0.25) is 4.90 Å². The van der Waals surface area contributed by atoms with Crippen LogP contribution >= 0.6 is 11.3 Å². The average molecular weight is 296 g/mol. The standard InChI is InChI=1S/C15H28N4S/c1-4-5-16-12-14(13(2)3)18-7-9-19(10-8-18)15-17-6-11-20-15/h6,11,13-14,16H,4-5,7-10,12H2,1-3H3. The number of rotatable bonds is 7. The van der Waals surface area contributed by atoms with E-state index < -0.39 is 0 Å². The number of thiazole rings is 1. The molecule has 0 amide bonds. The SMILES string of the molecule is CCCNCC(C(C)C)N1CCN(c2nccs2)CC1. The summed E-state index contributed by atoms with van der Waals surface area (Å²) in [5, 5.41) is 6.83. The zero-order valence-electron chi connectivity index (χ0n) is 13.0. The summed E-state index contributed by atoms with van der Waals surface area (Å²) < 4.78 is 0. The van der Waals surface area contributed by atoms with Crippen LogP contribution in [0, 0.1) is 5.92 Å². The molecule has 1 saturated heterocycles. The van der Waals surface area contributed by atoms with Crippen LogP contribution in [0.1, 0.15) is 27.2 Å². The van der Waals surface area contributed by atoms with Crippen LogP contribution in [0.5, 0.6) is 0 Å². The molecule has 5 heteroatoms. The summed E-state index contributed by atoms with van der Waals surface area (Å²) in [4.78, 5) is 9.48. The normalized spacial score (nSPS) is 18.7. The van der Waals surface area contributed by atoms with E-state index in [9.17, 15) is 0 Å². The van der Waals surface area contributed by atoms with Gasteiger partial charge in [0.25, 0.3) is 0 Å². The molecule has 1 aromatic rings. The van der Waals surface area contributed by atoms with Crippen molar-refractivity contribution < 1.29 is 0 Å². The maximum atomic E-state index is 4.42. The van der Waals surface area contributed by atoms with Crippen LogP contribution in [0.15, 0.2) is 11.6 Å². The predicted molar refractivity (Wildman–Crippen MR) is 87.7 cm³/mol. The van der Waals surface area contributed by atoms with Crippen LogP contribution in [0.2, 0.25) is 0 Å². The number of anilines is 1. The molecule has 1 unspecified atom stereocenters. The first-order valence-corrected chi connectivity index (χ1v) is 8.69. The number of aromatic nitrogens is 1. The molecule has 0 spiro atoms. The van der Waals surface area contributed by atoms with Crippen LogP contribution < -0.4 is 10.2 Å². The smallest absolute Gasteiger partial charge is 0.185 e. The highest BCUT2D eigenvalue weighted by molar-refractivity contribution is 7.13. The highest BCUT2D eigenvalue weighted by atomic mass is 32.1. The first kappa shape index (κ1) is 15.7. The molecule has 0 saturated carbocycles. The van der Waals surface area contributed by atoms with Crippen LogP contribution in [-0.2, 0) is 0 Å². The molecule has 2 heterocycles. The van der Waals surface area contributed by atoms with Crippen LogP contribution in [-0.4, -0.2) is 55.2 Å². The molecule has 2 rings (SSSR count). The molecule has 1 fully saturated rings. The number of hydrogen-bond donors (Lipinski definition) is 1. The van der Waals surface area contributed by atoms with E-state index in [1.54, 1.807) is 11.3 Å². The Bertz CT molecular complexity index is 358. The summed E-state index contributed by atoms with van der Waals surface area (Å²) in [6, 6.07) is 0.653. The lowest BCUT2D eigenvalue weighted by atomic mass is 10.0. The molecule has 114 valence electrons. The van der Waals surface area contributed by atoms with Crippen LogP contribution in [0.25, 0.3) is 0 Å². The fraction of sp³-hybridized carbons (Fsp3) is 0.800. The summed E-state index contributed by atoms with van der Waals surface area (Å²) in [5.41, 5.74) is 0.